The number of hydrogen-bond acceptors (Lipinski definition) is 8. The fourth-order valence-corrected chi connectivity index (χ4v) is 13.1. The standard InChI is InChI=1S/C17H25F5O3S5Si/c1-5-8-17(23-2)12(7-6-9-31(17,24-3)25-4)16(30-22)10-11(26-18)13(27-19)14(28-20)15(16)29-21/h10,12,15H,5-9H2,1-4H3. The van der Waals surface area contributed by atoms with Gasteiger partial charge in [-0.15, -0.1) is 0 Å². The van der Waals surface area contributed by atoms with E-state index < -0.39 is 41.8 Å². The molecule has 0 saturated carbocycles. The molecule has 0 aromatic rings. The quantitative estimate of drug-likeness (QED) is 0.185. The van der Waals surface area contributed by atoms with E-state index in [0.717, 1.165) is 0 Å². The molecule has 2 aliphatic rings. The molecule has 0 bridgehead atoms. The molecular weight excluding hydrogens is 536 g/mol. The Morgan fingerprint density at radius 3 is 2.16 bits per heavy atom. The van der Waals surface area contributed by atoms with Gasteiger partial charge in [-0.3, -0.25) is 0 Å². The highest BCUT2D eigenvalue weighted by Gasteiger charge is 2.69. The van der Waals surface area contributed by atoms with Crippen molar-refractivity contribution < 1.29 is 33.0 Å². The van der Waals surface area contributed by atoms with Crippen LogP contribution in [0.3, 0.4) is 0 Å². The van der Waals surface area contributed by atoms with E-state index in [9.17, 15) is 19.4 Å². The summed E-state index contributed by atoms with van der Waals surface area (Å²) in [6, 6.07) is 0.575. The van der Waals surface area contributed by atoms with Crippen molar-refractivity contribution in [2.75, 3.05) is 21.3 Å². The van der Waals surface area contributed by atoms with Crippen LogP contribution < -0.4 is 0 Å². The molecular formula is C17H25F5O3S5Si. The third kappa shape index (κ3) is 4.51. The Hall–Kier alpha value is 0.977. The van der Waals surface area contributed by atoms with E-state index in [1.807, 2.05) is 6.92 Å². The highest BCUT2D eigenvalue weighted by atomic mass is 32.2. The molecule has 1 fully saturated rings. The Bertz CT molecular complexity index is 687. The summed E-state index contributed by atoms with van der Waals surface area (Å²) in [5.74, 6) is -0.746. The molecule has 0 N–H and O–H groups in total. The predicted molar refractivity (Wildman–Crippen MR) is 127 cm³/mol. The number of hydrogen-bond donors (Lipinski definition) is 0. The minimum atomic E-state index is -3.13. The van der Waals surface area contributed by atoms with Crippen molar-refractivity contribution in [2.45, 2.75) is 53.9 Å². The smallest absolute Gasteiger partial charge is 0.371 e. The molecule has 1 aliphatic heterocycles. The normalized spacial score (nSPS) is 33.5. The van der Waals surface area contributed by atoms with Crippen molar-refractivity contribution in [1.82, 2.24) is 0 Å². The first-order valence-electron chi connectivity index (χ1n) is 9.47. The lowest BCUT2D eigenvalue weighted by Crippen LogP contribution is -2.72. The first-order chi connectivity index (χ1) is 14.9. The van der Waals surface area contributed by atoms with Crippen LogP contribution in [-0.2, 0) is 13.6 Å². The Morgan fingerprint density at radius 2 is 1.74 bits per heavy atom. The minimum absolute atomic E-state index is 0.184. The molecule has 1 saturated heterocycles. The van der Waals surface area contributed by atoms with E-state index in [2.05, 4.69) is 0 Å². The predicted octanol–water partition coefficient (Wildman–Crippen LogP) is 8.16. The number of rotatable bonds is 11. The summed E-state index contributed by atoms with van der Waals surface area (Å²) in [5.41, 5.74) is 0. The molecule has 0 radical (unpaired) electrons. The van der Waals surface area contributed by atoms with Crippen LogP contribution >= 0.6 is 60.7 Å². The van der Waals surface area contributed by atoms with Gasteiger partial charge in [0.1, 0.15) is 5.22 Å². The highest BCUT2D eigenvalue weighted by molar-refractivity contribution is 8.06. The molecule has 4 unspecified atom stereocenters. The summed E-state index contributed by atoms with van der Waals surface area (Å²) in [7, 11) is 1.37. The average Bonchev–Trinajstić information content (AvgIpc) is 2.82. The lowest BCUT2D eigenvalue weighted by Gasteiger charge is -2.58. The van der Waals surface area contributed by atoms with Gasteiger partial charge in [0.2, 0.25) is 0 Å². The van der Waals surface area contributed by atoms with E-state index in [4.69, 9.17) is 13.6 Å². The number of halogens is 5. The Kier molecular flexibility index (Phi) is 11.0. The van der Waals surface area contributed by atoms with E-state index in [1.54, 1.807) is 0 Å². The van der Waals surface area contributed by atoms with Gasteiger partial charge in [-0.25, -0.2) is 0 Å². The van der Waals surface area contributed by atoms with E-state index in [-0.39, 0.29) is 63.3 Å². The second kappa shape index (κ2) is 12.1. The second-order valence-corrected chi connectivity index (χ2v) is 14.2. The summed E-state index contributed by atoms with van der Waals surface area (Å²) in [5, 5.41) is -2.56. The van der Waals surface area contributed by atoms with Crippen molar-refractivity contribution in [3.8, 4) is 0 Å². The molecule has 14 heteroatoms. The lowest BCUT2D eigenvalue weighted by atomic mass is 9.76. The molecule has 31 heavy (non-hydrogen) atoms. The molecule has 1 aliphatic carbocycles. The maximum atomic E-state index is 15.0. The highest BCUT2D eigenvalue weighted by Crippen LogP contribution is 2.63. The van der Waals surface area contributed by atoms with Crippen molar-refractivity contribution in [3.63, 3.8) is 0 Å². The maximum absolute atomic E-state index is 15.0. The fourth-order valence-electron chi connectivity index (χ4n) is 5.12. The molecule has 0 spiro atoms. The summed E-state index contributed by atoms with van der Waals surface area (Å²) in [6.07, 6.45) is 3.23. The molecule has 3 nitrogen and oxygen atoms in total. The molecule has 2 rings (SSSR count). The molecule has 0 amide bonds. The van der Waals surface area contributed by atoms with Gasteiger partial charge in [0, 0.05) is 27.2 Å². The van der Waals surface area contributed by atoms with Gasteiger partial charge in [-0.2, -0.15) is 19.4 Å². The van der Waals surface area contributed by atoms with E-state index >= 15 is 0 Å². The van der Waals surface area contributed by atoms with Crippen LogP contribution in [0.15, 0.2) is 20.8 Å². The largest absolute Gasteiger partial charge is 0.396 e. The van der Waals surface area contributed by atoms with Gasteiger partial charge in [-0.1, -0.05) is 19.8 Å². The Morgan fingerprint density at radius 1 is 1.06 bits per heavy atom. The van der Waals surface area contributed by atoms with E-state index in [1.165, 1.54) is 27.4 Å². The zero-order valence-corrected chi connectivity index (χ0v) is 22.5. The van der Waals surface area contributed by atoms with Gasteiger partial charge >= 0.3 is 8.56 Å². The number of methoxy groups -OCH3 is 1. The van der Waals surface area contributed by atoms with Crippen molar-refractivity contribution >= 4 is 69.3 Å². The third-order valence-electron chi connectivity index (χ3n) is 6.31. The van der Waals surface area contributed by atoms with Gasteiger partial charge in [0.05, 0.1) is 85.5 Å². The SMILES string of the molecule is CCCC1(OC)C(C2(SF)C=C(SF)C(SF)=C(SF)C2SF)CCC[Si]1(OC)OC. The molecule has 180 valence electrons. The zero-order valence-electron chi connectivity index (χ0n) is 17.4. The average molecular weight is 561 g/mol. The van der Waals surface area contributed by atoms with Gasteiger partial charge in [-0.05, 0) is 25.0 Å². The molecule has 4 atom stereocenters. The van der Waals surface area contributed by atoms with Crippen molar-refractivity contribution in [2.24, 2.45) is 5.92 Å². The van der Waals surface area contributed by atoms with Crippen LogP contribution in [0.2, 0.25) is 6.04 Å². The van der Waals surface area contributed by atoms with Crippen LogP contribution in [0.5, 0.6) is 0 Å². The van der Waals surface area contributed by atoms with E-state index in [0.29, 0.717) is 31.7 Å². The van der Waals surface area contributed by atoms with Crippen LogP contribution in [0.4, 0.5) is 19.4 Å². The van der Waals surface area contributed by atoms with Crippen LogP contribution in [0.25, 0.3) is 0 Å². The monoisotopic (exact) mass is 560 g/mol. The second-order valence-electron chi connectivity index (χ2n) is 7.28. The minimum Gasteiger partial charge on any atom is -0.396 e. The summed E-state index contributed by atoms with van der Waals surface area (Å²) in [4.78, 5) is -1.05. The summed E-state index contributed by atoms with van der Waals surface area (Å²) >= 11 is -1.55. The molecule has 0 aromatic carbocycles. The number of ether oxygens (including phenoxy) is 1. The van der Waals surface area contributed by atoms with Crippen LogP contribution in [0.1, 0.15) is 32.6 Å². The van der Waals surface area contributed by atoms with Gasteiger partial charge in [0.25, 0.3) is 0 Å². The molecule has 0 aromatic heterocycles. The van der Waals surface area contributed by atoms with Gasteiger partial charge in [0.15, 0.2) is 0 Å². The topological polar surface area (TPSA) is 27.7 Å². The summed E-state index contributed by atoms with van der Waals surface area (Å²) in [6.45, 7) is 1.92. The Labute approximate surface area is 203 Å². The van der Waals surface area contributed by atoms with Crippen molar-refractivity contribution in [3.05, 3.63) is 20.8 Å². The first-order valence-corrected chi connectivity index (χ1v) is 15.1. The summed E-state index contributed by atoms with van der Waals surface area (Å²) < 4.78 is 86.8. The van der Waals surface area contributed by atoms with Gasteiger partial charge < -0.3 is 13.6 Å². The first kappa shape index (κ1) is 28.2. The Balaban J connectivity index is 2.83. The van der Waals surface area contributed by atoms with Crippen molar-refractivity contribution in [1.29, 1.82) is 0 Å². The van der Waals surface area contributed by atoms with Crippen LogP contribution in [-0.4, -0.2) is 45.1 Å². The maximum Gasteiger partial charge on any atom is 0.371 e. The fraction of sp³-hybridized carbons (Fsp3) is 0.765. The third-order valence-corrected chi connectivity index (χ3v) is 14.7. The molecule has 1 heterocycles. The lowest BCUT2D eigenvalue weighted by molar-refractivity contribution is -0.0608. The van der Waals surface area contributed by atoms with Crippen LogP contribution in [0, 0.1) is 5.92 Å². The zero-order chi connectivity index (χ0) is 23.3.